The zero-order chi connectivity index (χ0) is 17.5. The number of hydrogen-bond acceptors (Lipinski definition) is 4. The number of nitrogens with two attached hydrogens (primary N) is 2. The third kappa shape index (κ3) is 16.4. The molecule has 128 valence electrons. The standard InChI is InChI=1S/C12H22N4O2.C4H10/c1-3-5-6-15-9(4-2)7-10(13)12(18)16-8-11(14)17;1-4(2)3/h4,6,10H,3,5,7-8,13H2,1-2H3,(H2,14,17)(H,16,18);4H,1-3H3/b9-4-,15-6?;/t10-;/m0./s1. The third-order valence-electron chi connectivity index (χ3n) is 2.21. The molecular weight excluding hydrogens is 280 g/mol. The van der Waals surface area contributed by atoms with Crippen LogP contribution < -0.4 is 16.8 Å². The van der Waals surface area contributed by atoms with Crippen LogP contribution in [0.4, 0.5) is 0 Å². The van der Waals surface area contributed by atoms with E-state index >= 15 is 0 Å². The van der Waals surface area contributed by atoms with Crippen LogP contribution in [0.2, 0.25) is 0 Å². The molecule has 0 saturated heterocycles. The molecule has 0 unspecified atom stereocenters. The Labute approximate surface area is 134 Å². The van der Waals surface area contributed by atoms with Crippen molar-refractivity contribution in [3.8, 4) is 0 Å². The second-order valence-corrected chi connectivity index (χ2v) is 5.61. The number of carbonyl (C=O) groups excluding carboxylic acids is 2. The summed E-state index contributed by atoms with van der Waals surface area (Å²) in [4.78, 5) is 26.3. The lowest BCUT2D eigenvalue weighted by molar-refractivity contribution is -0.125. The summed E-state index contributed by atoms with van der Waals surface area (Å²) in [6.07, 6.45) is 5.87. The number of rotatable bonds is 8. The number of nitrogens with one attached hydrogen (secondary N) is 1. The normalized spacial score (nSPS) is 12.8. The lowest BCUT2D eigenvalue weighted by Crippen LogP contribution is -2.43. The van der Waals surface area contributed by atoms with Gasteiger partial charge in [0.15, 0.2) is 0 Å². The maximum absolute atomic E-state index is 11.5. The maximum atomic E-state index is 11.5. The number of amides is 2. The Bertz CT molecular complexity index is 374. The first-order valence-electron chi connectivity index (χ1n) is 7.73. The Morgan fingerprint density at radius 1 is 1.27 bits per heavy atom. The summed E-state index contributed by atoms with van der Waals surface area (Å²) >= 11 is 0. The van der Waals surface area contributed by atoms with Gasteiger partial charge in [-0.05, 0) is 19.3 Å². The predicted molar refractivity (Wildman–Crippen MR) is 92.5 cm³/mol. The molecule has 0 aromatic rings. The van der Waals surface area contributed by atoms with Crippen LogP contribution in [0.15, 0.2) is 16.8 Å². The summed E-state index contributed by atoms with van der Waals surface area (Å²) in [5.74, 6) is -0.165. The molecule has 0 aliphatic rings. The van der Waals surface area contributed by atoms with E-state index in [1.165, 1.54) is 0 Å². The summed E-state index contributed by atoms with van der Waals surface area (Å²) in [7, 11) is 0. The molecule has 0 fully saturated rings. The molecule has 0 spiro atoms. The van der Waals surface area contributed by atoms with Gasteiger partial charge in [-0.15, -0.1) is 0 Å². The zero-order valence-corrected chi connectivity index (χ0v) is 14.6. The minimum absolute atomic E-state index is 0.198. The van der Waals surface area contributed by atoms with Gasteiger partial charge in [0.1, 0.15) is 0 Å². The van der Waals surface area contributed by atoms with Crippen molar-refractivity contribution in [1.29, 1.82) is 0 Å². The fourth-order valence-corrected chi connectivity index (χ4v) is 1.18. The highest BCUT2D eigenvalue weighted by atomic mass is 16.2. The van der Waals surface area contributed by atoms with Crippen molar-refractivity contribution in [2.24, 2.45) is 22.4 Å². The summed E-state index contributed by atoms with van der Waals surface area (Å²) in [5, 5.41) is 2.36. The van der Waals surface area contributed by atoms with Gasteiger partial charge >= 0.3 is 0 Å². The number of carbonyl (C=O) groups is 2. The Hall–Kier alpha value is -1.69. The second-order valence-electron chi connectivity index (χ2n) is 5.61. The maximum Gasteiger partial charge on any atom is 0.237 e. The zero-order valence-electron chi connectivity index (χ0n) is 14.6. The van der Waals surface area contributed by atoms with E-state index < -0.39 is 17.9 Å². The van der Waals surface area contributed by atoms with E-state index in [9.17, 15) is 9.59 Å². The molecule has 5 N–H and O–H groups in total. The van der Waals surface area contributed by atoms with E-state index in [1.54, 1.807) is 0 Å². The minimum atomic E-state index is -0.727. The lowest BCUT2D eigenvalue weighted by Gasteiger charge is -2.11. The Kier molecular flexibility index (Phi) is 14.6. The van der Waals surface area contributed by atoms with Crippen LogP contribution in [0.25, 0.3) is 0 Å². The van der Waals surface area contributed by atoms with Crippen LogP contribution in [0.1, 0.15) is 53.9 Å². The monoisotopic (exact) mass is 312 g/mol. The van der Waals surface area contributed by atoms with Crippen molar-refractivity contribution in [2.45, 2.75) is 59.9 Å². The average molecular weight is 312 g/mol. The highest BCUT2D eigenvalue weighted by molar-refractivity contribution is 5.86. The van der Waals surface area contributed by atoms with Crippen molar-refractivity contribution in [1.82, 2.24) is 5.32 Å². The Morgan fingerprint density at radius 2 is 1.82 bits per heavy atom. The van der Waals surface area contributed by atoms with Crippen LogP contribution in [-0.2, 0) is 9.59 Å². The summed E-state index contributed by atoms with van der Waals surface area (Å²) in [5.41, 5.74) is 11.4. The molecular formula is C16H32N4O2. The minimum Gasteiger partial charge on any atom is -0.368 e. The van der Waals surface area contributed by atoms with E-state index in [0.717, 1.165) is 24.5 Å². The number of unbranched alkanes of at least 4 members (excludes halogenated alkanes) is 1. The van der Waals surface area contributed by atoms with E-state index in [2.05, 4.69) is 38.0 Å². The first kappa shape index (κ1) is 22.6. The van der Waals surface area contributed by atoms with Gasteiger partial charge in [-0.3, -0.25) is 14.6 Å². The van der Waals surface area contributed by atoms with Gasteiger partial charge in [0.2, 0.25) is 11.8 Å². The van der Waals surface area contributed by atoms with E-state index in [0.29, 0.717) is 6.42 Å². The van der Waals surface area contributed by atoms with E-state index in [4.69, 9.17) is 11.5 Å². The summed E-state index contributed by atoms with van der Waals surface area (Å²) in [6.45, 7) is 10.2. The molecule has 0 saturated carbocycles. The fourth-order valence-electron chi connectivity index (χ4n) is 1.18. The van der Waals surface area contributed by atoms with Crippen molar-refractivity contribution in [3.05, 3.63) is 11.8 Å². The first-order chi connectivity index (χ1) is 10.2. The van der Waals surface area contributed by atoms with Gasteiger partial charge in [-0.25, -0.2) is 0 Å². The number of hydrogen-bond donors (Lipinski definition) is 3. The van der Waals surface area contributed by atoms with Gasteiger partial charge < -0.3 is 16.8 Å². The highest BCUT2D eigenvalue weighted by Gasteiger charge is 2.14. The van der Waals surface area contributed by atoms with Gasteiger partial charge in [0.25, 0.3) is 0 Å². The summed E-state index contributed by atoms with van der Waals surface area (Å²) in [6, 6.07) is -0.727. The molecule has 0 aromatic carbocycles. The van der Waals surface area contributed by atoms with Crippen LogP contribution in [-0.4, -0.2) is 30.6 Å². The Morgan fingerprint density at radius 3 is 2.23 bits per heavy atom. The van der Waals surface area contributed by atoms with Crippen molar-refractivity contribution in [3.63, 3.8) is 0 Å². The molecule has 2 amide bonds. The van der Waals surface area contributed by atoms with Crippen LogP contribution in [0.3, 0.4) is 0 Å². The number of nitrogens with zero attached hydrogens (tertiary/aromatic N) is 1. The highest BCUT2D eigenvalue weighted by Crippen LogP contribution is 2.06. The third-order valence-corrected chi connectivity index (χ3v) is 2.21. The van der Waals surface area contributed by atoms with E-state index in [1.807, 2.05) is 19.2 Å². The first-order valence-corrected chi connectivity index (χ1v) is 7.73. The van der Waals surface area contributed by atoms with Crippen molar-refractivity contribution < 1.29 is 9.59 Å². The smallest absolute Gasteiger partial charge is 0.237 e. The Balaban J connectivity index is 0. The largest absolute Gasteiger partial charge is 0.368 e. The molecule has 6 nitrogen and oxygen atoms in total. The van der Waals surface area contributed by atoms with Crippen LogP contribution >= 0.6 is 0 Å². The van der Waals surface area contributed by atoms with Crippen LogP contribution in [0, 0.1) is 5.92 Å². The number of primary amides is 1. The summed E-state index contributed by atoms with van der Waals surface area (Å²) < 4.78 is 0. The van der Waals surface area contributed by atoms with Gasteiger partial charge in [-0.2, -0.15) is 0 Å². The molecule has 1 atom stereocenters. The molecule has 0 aliphatic carbocycles. The molecule has 22 heavy (non-hydrogen) atoms. The van der Waals surface area contributed by atoms with Crippen molar-refractivity contribution >= 4 is 18.0 Å². The molecule has 0 aliphatic heterocycles. The van der Waals surface area contributed by atoms with Gasteiger partial charge in [0, 0.05) is 18.3 Å². The predicted octanol–water partition coefficient (Wildman–Crippen LogP) is 1.74. The fraction of sp³-hybridized carbons (Fsp3) is 0.688. The molecule has 0 heterocycles. The SMILES string of the molecule is C/C=C(/C[C@H](N)C(=O)NCC(N)=O)N=CCCC.CC(C)C. The van der Waals surface area contributed by atoms with Crippen molar-refractivity contribution in [2.75, 3.05) is 6.54 Å². The van der Waals surface area contributed by atoms with Gasteiger partial charge in [-0.1, -0.05) is 40.2 Å². The molecule has 0 rings (SSSR count). The number of allylic oxidation sites excluding steroid dienone is 1. The lowest BCUT2D eigenvalue weighted by atomic mass is 10.1. The van der Waals surface area contributed by atoms with E-state index in [-0.39, 0.29) is 6.54 Å². The quantitative estimate of drug-likeness (QED) is 0.594. The molecule has 0 radical (unpaired) electrons. The average Bonchev–Trinajstić information content (AvgIpc) is 2.42. The molecule has 0 bridgehead atoms. The molecule has 6 heteroatoms. The van der Waals surface area contributed by atoms with Gasteiger partial charge in [0.05, 0.1) is 12.6 Å². The van der Waals surface area contributed by atoms with Crippen LogP contribution in [0.5, 0.6) is 0 Å². The molecule has 0 aromatic heterocycles. The second kappa shape index (κ2) is 14.3. The number of aliphatic imine (C=N–C) groups is 1. The topological polar surface area (TPSA) is 111 Å².